The molecule has 0 saturated heterocycles. The third-order valence-electron chi connectivity index (χ3n) is 5.29. The SMILES string of the molecule is COc1cccc(Cn2c(C)c(C)c3ccnc(COc4ccc(F)cc4)c32)c1. The molecule has 0 saturated carbocycles. The first-order valence-corrected chi connectivity index (χ1v) is 9.51. The van der Waals surface area contributed by atoms with Crippen molar-refractivity contribution in [3.8, 4) is 11.5 Å². The van der Waals surface area contributed by atoms with Gasteiger partial charge in [-0.2, -0.15) is 0 Å². The van der Waals surface area contributed by atoms with Crippen LogP contribution in [-0.2, 0) is 13.2 Å². The Morgan fingerprint density at radius 3 is 2.55 bits per heavy atom. The average Bonchev–Trinajstić information content (AvgIpc) is 2.99. The largest absolute Gasteiger partial charge is 0.497 e. The number of rotatable bonds is 6. The van der Waals surface area contributed by atoms with E-state index in [4.69, 9.17) is 9.47 Å². The summed E-state index contributed by atoms with van der Waals surface area (Å²) in [4.78, 5) is 4.59. The average molecular weight is 390 g/mol. The van der Waals surface area contributed by atoms with Crippen LogP contribution in [0.2, 0.25) is 0 Å². The maximum Gasteiger partial charge on any atom is 0.132 e. The zero-order valence-corrected chi connectivity index (χ0v) is 16.8. The van der Waals surface area contributed by atoms with Gasteiger partial charge in [-0.05, 0) is 67.4 Å². The molecule has 0 bridgehead atoms. The lowest BCUT2D eigenvalue weighted by Crippen LogP contribution is -2.06. The quantitative estimate of drug-likeness (QED) is 0.441. The van der Waals surface area contributed by atoms with E-state index in [0.29, 0.717) is 18.9 Å². The highest BCUT2D eigenvalue weighted by molar-refractivity contribution is 5.87. The fourth-order valence-electron chi connectivity index (χ4n) is 3.61. The minimum absolute atomic E-state index is 0.281. The molecule has 4 aromatic rings. The highest BCUT2D eigenvalue weighted by atomic mass is 19.1. The van der Waals surface area contributed by atoms with Gasteiger partial charge in [0.2, 0.25) is 0 Å². The Labute approximate surface area is 169 Å². The highest BCUT2D eigenvalue weighted by Gasteiger charge is 2.16. The lowest BCUT2D eigenvalue weighted by Gasteiger charge is -2.13. The first kappa shape index (κ1) is 19.0. The molecule has 2 heterocycles. The van der Waals surface area contributed by atoms with Crippen molar-refractivity contribution in [2.75, 3.05) is 7.11 Å². The molecule has 5 heteroatoms. The number of ether oxygens (including phenoxy) is 2. The van der Waals surface area contributed by atoms with Crippen LogP contribution in [0, 0.1) is 19.7 Å². The second kappa shape index (κ2) is 7.95. The smallest absolute Gasteiger partial charge is 0.132 e. The summed E-state index contributed by atoms with van der Waals surface area (Å²) in [5.74, 6) is 1.17. The number of hydrogen-bond acceptors (Lipinski definition) is 3. The topological polar surface area (TPSA) is 36.3 Å². The number of hydrogen-bond donors (Lipinski definition) is 0. The van der Waals surface area contributed by atoms with E-state index in [1.54, 1.807) is 19.2 Å². The van der Waals surface area contributed by atoms with Crippen LogP contribution < -0.4 is 9.47 Å². The Kier molecular flexibility index (Phi) is 5.21. The lowest BCUT2D eigenvalue weighted by molar-refractivity contribution is 0.302. The van der Waals surface area contributed by atoms with Crippen LogP contribution in [0.4, 0.5) is 4.39 Å². The maximum absolute atomic E-state index is 13.1. The third-order valence-corrected chi connectivity index (χ3v) is 5.29. The number of aromatic nitrogens is 2. The summed E-state index contributed by atoms with van der Waals surface area (Å²) in [6.45, 7) is 5.27. The van der Waals surface area contributed by atoms with Crippen molar-refractivity contribution in [1.29, 1.82) is 0 Å². The van der Waals surface area contributed by atoms with Gasteiger partial charge in [-0.3, -0.25) is 4.98 Å². The summed E-state index contributed by atoms with van der Waals surface area (Å²) in [7, 11) is 1.67. The third kappa shape index (κ3) is 3.81. The molecule has 0 amide bonds. The standard InChI is InChI=1S/C24H23FN2O2/c1-16-17(2)27(14-18-5-4-6-21(13-18)28-3)24-22(16)11-12-26-23(24)15-29-20-9-7-19(25)8-10-20/h4-13H,14-15H2,1-3H3. The lowest BCUT2D eigenvalue weighted by atomic mass is 10.2. The van der Waals surface area contributed by atoms with Crippen molar-refractivity contribution in [3.05, 3.63) is 89.1 Å². The van der Waals surface area contributed by atoms with Crippen LogP contribution in [0.15, 0.2) is 60.8 Å². The molecule has 2 aromatic heterocycles. The van der Waals surface area contributed by atoms with E-state index in [1.807, 2.05) is 30.5 Å². The molecule has 0 unspecified atom stereocenters. The Balaban J connectivity index is 1.71. The number of methoxy groups -OCH3 is 1. The normalized spacial score (nSPS) is 11.0. The summed E-state index contributed by atoms with van der Waals surface area (Å²) >= 11 is 0. The fourth-order valence-corrected chi connectivity index (χ4v) is 3.61. The number of nitrogens with zero attached hydrogens (tertiary/aromatic N) is 2. The van der Waals surface area contributed by atoms with Crippen molar-refractivity contribution >= 4 is 10.9 Å². The minimum Gasteiger partial charge on any atom is -0.497 e. The maximum atomic E-state index is 13.1. The molecule has 0 spiro atoms. The van der Waals surface area contributed by atoms with E-state index in [-0.39, 0.29) is 5.82 Å². The van der Waals surface area contributed by atoms with Gasteiger partial charge in [-0.25, -0.2) is 4.39 Å². The summed E-state index contributed by atoms with van der Waals surface area (Å²) in [6.07, 6.45) is 1.81. The predicted molar refractivity (Wildman–Crippen MR) is 112 cm³/mol. The van der Waals surface area contributed by atoms with E-state index in [0.717, 1.165) is 27.9 Å². The Bertz CT molecular complexity index is 1150. The highest BCUT2D eigenvalue weighted by Crippen LogP contribution is 2.29. The van der Waals surface area contributed by atoms with Crippen LogP contribution in [0.1, 0.15) is 22.5 Å². The van der Waals surface area contributed by atoms with Gasteiger partial charge >= 0.3 is 0 Å². The predicted octanol–water partition coefficient (Wildman–Crippen LogP) is 5.43. The van der Waals surface area contributed by atoms with Crippen LogP contribution in [0.5, 0.6) is 11.5 Å². The van der Waals surface area contributed by atoms with Gasteiger partial charge < -0.3 is 14.0 Å². The van der Waals surface area contributed by atoms with Gasteiger partial charge in [0.15, 0.2) is 0 Å². The van der Waals surface area contributed by atoms with E-state index in [2.05, 4.69) is 29.5 Å². The first-order valence-electron chi connectivity index (χ1n) is 9.51. The van der Waals surface area contributed by atoms with E-state index < -0.39 is 0 Å². The molecule has 0 radical (unpaired) electrons. The summed E-state index contributed by atoms with van der Waals surface area (Å²) in [5.41, 5.74) is 5.49. The summed E-state index contributed by atoms with van der Waals surface area (Å²) < 4.78 is 26.7. The summed E-state index contributed by atoms with van der Waals surface area (Å²) in [6, 6.07) is 16.2. The van der Waals surface area contributed by atoms with E-state index >= 15 is 0 Å². The second-order valence-electron chi connectivity index (χ2n) is 7.04. The Hall–Kier alpha value is -3.34. The van der Waals surface area contributed by atoms with Gasteiger partial charge in [-0.1, -0.05) is 12.1 Å². The molecule has 0 N–H and O–H groups in total. The molecule has 148 valence electrons. The monoisotopic (exact) mass is 390 g/mol. The van der Waals surface area contributed by atoms with Crippen molar-refractivity contribution < 1.29 is 13.9 Å². The van der Waals surface area contributed by atoms with E-state index in [1.165, 1.54) is 23.4 Å². The molecule has 0 aliphatic heterocycles. The number of halogens is 1. The zero-order chi connectivity index (χ0) is 20.4. The molecule has 0 aliphatic carbocycles. The molecule has 0 aliphatic rings. The molecular weight excluding hydrogens is 367 g/mol. The Morgan fingerprint density at radius 2 is 1.79 bits per heavy atom. The van der Waals surface area contributed by atoms with Crippen molar-refractivity contribution in [1.82, 2.24) is 9.55 Å². The number of aryl methyl sites for hydroxylation is 1. The van der Waals surface area contributed by atoms with Crippen LogP contribution in [0.25, 0.3) is 10.9 Å². The van der Waals surface area contributed by atoms with Gasteiger partial charge in [0.05, 0.1) is 12.6 Å². The van der Waals surface area contributed by atoms with E-state index in [9.17, 15) is 4.39 Å². The molecule has 4 rings (SSSR count). The fraction of sp³-hybridized carbons (Fsp3) is 0.208. The van der Waals surface area contributed by atoms with Gasteiger partial charge in [0, 0.05) is 23.8 Å². The van der Waals surface area contributed by atoms with Crippen molar-refractivity contribution in [2.24, 2.45) is 0 Å². The Morgan fingerprint density at radius 1 is 1.00 bits per heavy atom. The number of pyridine rings is 1. The van der Waals surface area contributed by atoms with Crippen molar-refractivity contribution in [3.63, 3.8) is 0 Å². The molecule has 0 atom stereocenters. The van der Waals surface area contributed by atoms with Crippen LogP contribution >= 0.6 is 0 Å². The van der Waals surface area contributed by atoms with Gasteiger partial charge in [0.25, 0.3) is 0 Å². The summed E-state index contributed by atoms with van der Waals surface area (Å²) in [5, 5.41) is 1.16. The van der Waals surface area contributed by atoms with Crippen LogP contribution in [0.3, 0.4) is 0 Å². The van der Waals surface area contributed by atoms with Gasteiger partial charge in [0.1, 0.15) is 29.6 Å². The molecule has 2 aromatic carbocycles. The number of benzene rings is 2. The molecule has 29 heavy (non-hydrogen) atoms. The van der Waals surface area contributed by atoms with Crippen LogP contribution in [-0.4, -0.2) is 16.7 Å². The zero-order valence-electron chi connectivity index (χ0n) is 16.8. The van der Waals surface area contributed by atoms with Crippen molar-refractivity contribution in [2.45, 2.75) is 27.0 Å². The second-order valence-corrected chi connectivity index (χ2v) is 7.04. The minimum atomic E-state index is -0.281. The number of fused-ring (bicyclic) bond motifs is 1. The molecule has 0 fully saturated rings. The van der Waals surface area contributed by atoms with Gasteiger partial charge in [-0.15, -0.1) is 0 Å². The molecule has 4 nitrogen and oxygen atoms in total. The molecular formula is C24H23FN2O2. The first-order chi connectivity index (χ1) is 14.1.